The van der Waals surface area contributed by atoms with Crippen LogP contribution >= 0.6 is 34.5 Å². The Labute approximate surface area is 170 Å². The smallest absolute Gasteiger partial charge is 0.221 e. The number of halogens is 2. The van der Waals surface area contributed by atoms with Crippen molar-refractivity contribution >= 4 is 56.5 Å². The van der Waals surface area contributed by atoms with Gasteiger partial charge in [0.1, 0.15) is 4.83 Å². The quantitative estimate of drug-likeness (QED) is 0.558. The summed E-state index contributed by atoms with van der Waals surface area (Å²) in [6.45, 7) is 0.793. The van der Waals surface area contributed by atoms with Crippen LogP contribution in [-0.2, 0) is 4.74 Å². The molecule has 1 atom stereocenters. The molecule has 3 heterocycles. The molecule has 0 radical (unpaired) electrons. The van der Waals surface area contributed by atoms with Crippen molar-refractivity contribution in [3.8, 4) is 11.3 Å². The summed E-state index contributed by atoms with van der Waals surface area (Å²) in [5.74, 6) is 0.226. The molecule has 1 aliphatic heterocycles. The van der Waals surface area contributed by atoms with Crippen LogP contribution in [0.2, 0.25) is 10.0 Å². The van der Waals surface area contributed by atoms with E-state index < -0.39 is 0 Å². The molecule has 2 N–H and O–H groups in total. The third-order valence-corrected chi connectivity index (χ3v) is 6.21. The van der Waals surface area contributed by atoms with Gasteiger partial charge in [-0.15, -0.1) is 11.3 Å². The maximum atomic E-state index is 12.6. The molecule has 1 aromatic carbocycles. The number of hydrogen-bond donors (Lipinski definition) is 1. The van der Waals surface area contributed by atoms with Crippen LogP contribution in [0.15, 0.2) is 24.3 Å². The number of rotatable bonds is 5. The van der Waals surface area contributed by atoms with E-state index in [1.807, 2.05) is 6.07 Å². The first-order valence-corrected chi connectivity index (χ1v) is 10.3. The number of nitrogens with two attached hydrogens (primary N) is 1. The third-order valence-electron chi connectivity index (χ3n) is 4.59. The van der Waals surface area contributed by atoms with Gasteiger partial charge in [0.25, 0.3) is 0 Å². The van der Waals surface area contributed by atoms with Crippen molar-refractivity contribution in [2.75, 3.05) is 12.3 Å². The van der Waals surface area contributed by atoms with E-state index in [0.29, 0.717) is 37.4 Å². The lowest BCUT2D eigenvalue weighted by Gasteiger charge is -2.07. The van der Waals surface area contributed by atoms with Crippen LogP contribution in [0.1, 0.15) is 35.4 Å². The number of anilines is 1. The molecule has 2 aromatic heterocycles. The molecule has 8 heteroatoms. The van der Waals surface area contributed by atoms with Gasteiger partial charge in [0, 0.05) is 29.0 Å². The first kappa shape index (κ1) is 18.6. The Balaban J connectivity index is 1.68. The van der Waals surface area contributed by atoms with E-state index >= 15 is 0 Å². The first-order chi connectivity index (χ1) is 13.0. The van der Waals surface area contributed by atoms with Gasteiger partial charge in [0.15, 0.2) is 5.78 Å². The van der Waals surface area contributed by atoms with Crippen molar-refractivity contribution < 1.29 is 9.53 Å². The van der Waals surface area contributed by atoms with Gasteiger partial charge in [-0.1, -0.05) is 23.2 Å². The van der Waals surface area contributed by atoms with Gasteiger partial charge >= 0.3 is 0 Å². The van der Waals surface area contributed by atoms with E-state index in [4.69, 9.17) is 33.7 Å². The zero-order valence-electron chi connectivity index (χ0n) is 14.4. The molecule has 4 rings (SSSR count). The summed E-state index contributed by atoms with van der Waals surface area (Å²) in [4.78, 5) is 22.6. The van der Waals surface area contributed by atoms with E-state index in [9.17, 15) is 4.79 Å². The number of Topliss-reactive ketones (excluding diaryl/α,β-unsaturated/α-hetero) is 1. The Morgan fingerprint density at radius 2 is 2.15 bits per heavy atom. The predicted octanol–water partition coefficient (Wildman–Crippen LogP) is 5.39. The molecule has 5 nitrogen and oxygen atoms in total. The molecule has 3 aromatic rings. The minimum atomic E-state index is 0.0835. The van der Waals surface area contributed by atoms with Crippen molar-refractivity contribution in [3.05, 3.63) is 39.2 Å². The Bertz CT molecular complexity index is 1020. The highest BCUT2D eigenvalue weighted by Gasteiger charge is 2.20. The fraction of sp³-hybridized carbons (Fsp3) is 0.316. The Morgan fingerprint density at radius 1 is 1.30 bits per heavy atom. The minimum Gasteiger partial charge on any atom is -0.378 e. The number of ketones is 1. The van der Waals surface area contributed by atoms with E-state index in [1.54, 1.807) is 18.2 Å². The lowest BCUT2D eigenvalue weighted by Crippen LogP contribution is -2.08. The molecule has 1 fully saturated rings. The highest BCUT2D eigenvalue weighted by Crippen LogP contribution is 2.37. The molecule has 1 aliphatic rings. The van der Waals surface area contributed by atoms with E-state index in [1.165, 1.54) is 11.3 Å². The molecule has 0 amide bonds. The normalized spacial score (nSPS) is 16.9. The number of benzene rings is 1. The SMILES string of the molecule is Nc1nc(-c2ccc(Cl)cc2Cl)c2cc(C(=O)CCC3CCCO3)sc2n1. The molecule has 1 saturated heterocycles. The van der Waals surface area contributed by atoms with Crippen molar-refractivity contribution in [1.29, 1.82) is 0 Å². The maximum absolute atomic E-state index is 12.6. The number of nitrogen functional groups attached to an aromatic ring is 1. The zero-order valence-corrected chi connectivity index (χ0v) is 16.7. The van der Waals surface area contributed by atoms with E-state index in [2.05, 4.69) is 9.97 Å². The van der Waals surface area contributed by atoms with Crippen LogP contribution in [0.4, 0.5) is 5.95 Å². The van der Waals surface area contributed by atoms with Crippen LogP contribution in [-0.4, -0.2) is 28.5 Å². The summed E-state index contributed by atoms with van der Waals surface area (Å²) in [5.41, 5.74) is 7.19. The molecule has 0 aliphatic carbocycles. The van der Waals surface area contributed by atoms with Gasteiger partial charge in [-0.05, 0) is 43.5 Å². The fourth-order valence-electron chi connectivity index (χ4n) is 3.25. The molecule has 140 valence electrons. The second kappa shape index (κ2) is 7.72. The predicted molar refractivity (Wildman–Crippen MR) is 110 cm³/mol. The Hall–Kier alpha value is -1.73. The van der Waals surface area contributed by atoms with Gasteiger partial charge in [0.05, 0.1) is 21.7 Å². The van der Waals surface area contributed by atoms with Crippen molar-refractivity contribution in [3.63, 3.8) is 0 Å². The number of carbonyl (C=O) groups is 1. The first-order valence-electron chi connectivity index (χ1n) is 8.68. The Morgan fingerprint density at radius 3 is 2.89 bits per heavy atom. The highest BCUT2D eigenvalue weighted by molar-refractivity contribution is 7.20. The topological polar surface area (TPSA) is 78.1 Å². The standard InChI is InChI=1S/C19H17Cl2N3O2S/c20-10-3-5-12(14(21)8-10)17-13-9-16(27-18(13)24-19(22)23-17)15(25)6-4-11-2-1-7-26-11/h3,5,8-9,11H,1-2,4,6-7H2,(H2,22,23,24). The van der Waals surface area contributed by atoms with Gasteiger partial charge in [-0.3, -0.25) is 4.79 Å². The van der Waals surface area contributed by atoms with Gasteiger partial charge < -0.3 is 10.5 Å². The molecular weight excluding hydrogens is 405 g/mol. The maximum Gasteiger partial charge on any atom is 0.221 e. The fourth-order valence-corrected chi connectivity index (χ4v) is 4.75. The summed E-state index contributed by atoms with van der Waals surface area (Å²) in [5, 5.41) is 1.77. The van der Waals surface area contributed by atoms with Gasteiger partial charge in [-0.2, -0.15) is 0 Å². The van der Waals surface area contributed by atoms with E-state index in [0.717, 1.165) is 31.3 Å². The number of hydrogen-bond acceptors (Lipinski definition) is 6. The number of nitrogens with zero attached hydrogens (tertiary/aromatic N) is 2. The molecule has 0 spiro atoms. The summed E-state index contributed by atoms with van der Waals surface area (Å²) in [7, 11) is 0. The summed E-state index contributed by atoms with van der Waals surface area (Å²) in [6, 6.07) is 7.02. The summed E-state index contributed by atoms with van der Waals surface area (Å²) >= 11 is 13.7. The zero-order chi connectivity index (χ0) is 19.0. The molecule has 0 bridgehead atoms. The second-order valence-electron chi connectivity index (χ2n) is 6.48. The van der Waals surface area contributed by atoms with Crippen LogP contribution in [0.5, 0.6) is 0 Å². The van der Waals surface area contributed by atoms with Crippen LogP contribution in [0.3, 0.4) is 0 Å². The largest absolute Gasteiger partial charge is 0.378 e. The van der Waals surface area contributed by atoms with Crippen LogP contribution in [0.25, 0.3) is 21.5 Å². The highest BCUT2D eigenvalue weighted by atomic mass is 35.5. The lowest BCUT2D eigenvalue weighted by atomic mass is 10.1. The lowest BCUT2D eigenvalue weighted by molar-refractivity contribution is 0.0862. The monoisotopic (exact) mass is 421 g/mol. The molecular formula is C19H17Cl2N3O2S. The molecule has 27 heavy (non-hydrogen) atoms. The number of thiophene rings is 1. The van der Waals surface area contributed by atoms with Crippen molar-refractivity contribution in [1.82, 2.24) is 9.97 Å². The van der Waals surface area contributed by atoms with Gasteiger partial charge in [0.2, 0.25) is 5.95 Å². The van der Waals surface area contributed by atoms with Crippen LogP contribution in [0, 0.1) is 0 Å². The van der Waals surface area contributed by atoms with Crippen molar-refractivity contribution in [2.24, 2.45) is 0 Å². The minimum absolute atomic E-state index is 0.0835. The number of carbonyl (C=O) groups excluding carboxylic acids is 1. The number of fused-ring (bicyclic) bond motifs is 1. The molecule has 0 saturated carbocycles. The third kappa shape index (κ3) is 3.94. The van der Waals surface area contributed by atoms with Crippen molar-refractivity contribution in [2.45, 2.75) is 31.8 Å². The van der Waals surface area contributed by atoms with Crippen LogP contribution < -0.4 is 5.73 Å². The average Bonchev–Trinajstić information content (AvgIpc) is 3.28. The number of ether oxygens (including phenoxy) is 1. The summed E-state index contributed by atoms with van der Waals surface area (Å²) in [6.07, 6.45) is 3.50. The number of aromatic nitrogens is 2. The average molecular weight is 422 g/mol. The Kier molecular flexibility index (Phi) is 5.32. The second-order valence-corrected chi connectivity index (χ2v) is 8.36. The molecule has 1 unspecified atom stereocenters. The van der Waals surface area contributed by atoms with Gasteiger partial charge in [-0.25, -0.2) is 9.97 Å². The summed E-state index contributed by atoms with van der Waals surface area (Å²) < 4.78 is 5.60. The van der Waals surface area contributed by atoms with E-state index in [-0.39, 0.29) is 17.8 Å².